The van der Waals surface area contributed by atoms with Crippen molar-refractivity contribution < 1.29 is 9.52 Å². The SMILES string of the molecule is Cn1ncc2c(-c3cccc(-c4ncc(CO)o4)c3)cccc21. The molecular weight excluding hydrogens is 290 g/mol. The van der Waals surface area contributed by atoms with E-state index in [1.54, 1.807) is 6.20 Å². The Bertz CT molecular complexity index is 985. The smallest absolute Gasteiger partial charge is 0.226 e. The summed E-state index contributed by atoms with van der Waals surface area (Å²) >= 11 is 0. The number of aliphatic hydroxyl groups is 1. The second-order valence-electron chi connectivity index (χ2n) is 5.38. The largest absolute Gasteiger partial charge is 0.439 e. The van der Waals surface area contributed by atoms with Crippen LogP contribution in [0, 0.1) is 0 Å². The van der Waals surface area contributed by atoms with Gasteiger partial charge in [-0.05, 0) is 29.3 Å². The highest BCUT2D eigenvalue weighted by atomic mass is 16.4. The lowest BCUT2D eigenvalue weighted by Gasteiger charge is -2.05. The molecule has 0 saturated carbocycles. The first-order chi connectivity index (χ1) is 11.3. The molecule has 0 spiro atoms. The van der Waals surface area contributed by atoms with E-state index >= 15 is 0 Å². The highest BCUT2D eigenvalue weighted by Gasteiger charge is 2.10. The minimum Gasteiger partial charge on any atom is -0.439 e. The van der Waals surface area contributed by atoms with Crippen LogP contribution in [0.4, 0.5) is 0 Å². The molecule has 0 aliphatic carbocycles. The third kappa shape index (κ3) is 2.31. The summed E-state index contributed by atoms with van der Waals surface area (Å²) in [5.41, 5.74) is 4.16. The molecule has 23 heavy (non-hydrogen) atoms. The van der Waals surface area contributed by atoms with Crippen LogP contribution in [-0.2, 0) is 13.7 Å². The van der Waals surface area contributed by atoms with Gasteiger partial charge in [0.25, 0.3) is 0 Å². The van der Waals surface area contributed by atoms with Gasteiger partial charge < -0.3 is 9.52 Å². The van der Waals surface area contributed by atoms with Crippen molar-refractivity contribution in [1.29, 1.82) is 0 Å². The fraction of sp³-hybridized carbons (Fsp3) is 0.111. The van der Waals surface area contributed by atoms with Crippen molar-refractivity contribution in [3.63, 3.8) is 0 Å². The molecule has 2 heterocycles. The normalized spacial score (nSPS) is 11.2. The quantitative estimate of drug-likeness (QED) is 0.630. The van der Waals surface area contributed by atoms with Crippen LogP contribution >= 0.6 is 0 Å². The second kappa shape index (κ2) is 5.37. The summed E-state index contributed by atoms with van der Waals surface area (Å²) in [4.78, 5) is 4.22. The van der Waals surface area contributed by atoms with Crippen molar-refractivity contribution >= 4 is 10.9 Å². The molecule has 0 aliphatic rings. The fourth-order valence-electron chi connectivity index (χ4n) is 2.76. The predicted octanol–water partition coefficient (Wildman–Crippen LogP) is 3.39. The van der Waals surface area contributed by atoms with Crippen molar-refractivity contribution in [1.82, 2.24) is 14.8 Å². The molecular formula is C18H15N3O2. The number of nitrogens with zero attached hydrogens (tertiary/aromatic N) is 3. The number of benzene rings is 2. The number of aromatic nitrogens is 3. The Hall–Kier alpha value is -2.92. The topological polar surface area (TPSA) is 64.1 Å². The molecule has 5 heteroatoms. The highest BCUT2D eigenvalue weighted by molar-refractivity contribution is 5.95. The number of hydrogen-bond acceptors (Lipinski definition) is 4. The van der Waals surface area contributed by atoms with Gasteiger partial charge in [-0.3, -0.25) is 4.68 Å². The maximum atomic E-state index is 9.11. The summed E-state index contributed by atoms with van der Waals surface area (Å²) in [6.07, 6.45) is 3.43. The molecule has 2 aromatic heterocycles. The molecule has 2 aromatic carbocycles. The van der Waals surface area contributed by atoms with Gasteiger partial charge in [-0.25, -0.2) is 4.98 Å². The summed E-state index contributed by atoms with van der Waals surface area (Å²) in [5, 5.41) is 14.6. The van der Waals surface area contributed by atoms with Crippen LogP contribution in [0.5, 0.6) is 0 Å². The van der Waals surface area contributed by atoms with Gasteiger partial charge in [0, 0.05) is 18.0 Å². The minimum absolute atomic E-state index is 0.151. The predicted molar refractivity (Wildman–Crippen MR) is 87.6 cm³/mol. The summed E-state index contributed by atoms with van der Waals surface area (Å²) in [5.74, 6) is 0.967. The average Bonchev–Trinajstić information content (AvgIpc) is 3.22. The second-order valence-corrected chi connectivity index (χ2v) is 5.38. The van der Waals surface area contributed by atoms with Gasteiger partial charge in [0.15, 0.2) is 0 Å². The molecule has 5 nitrogen and oxygen atoms in total. The van der Waals surface area contributed by atoms with E-state index in [0.29, 0.717) is 11.7 Å². The van der Waals surface area contributed by atoms with Crippen LogP contribution in [-0.4, -0.2) is 19.9 Å². The van der Waals surface area contributed by atoms with E-state index in [1.807, 2.05) is 42.2 Å². The number of hydrogen-bond donors (Lipinski definition) is 1. The lowest BCUT2D eigenvalue weighted by atomic mass is 10.00. The molecule has 1 N–H and O–H groups in total. The third-order valence-electron chi connectivity index (χ3n) is 3.92. The van der Waals surface area contributed by atoms with E-state index in [0.717, 1.165) is 27.6 Å². The summed E-state index contributed by atoms with van der Waals surface area (Å²) in [6, 6.07) is 14.2. The first-order valence-electron chi connectivity index (χ1n) is 7.33. The van der Waals surface area contributed by atoms with Crippen LogP contribution in [0.1, 0.15) is 5.76 Å². The average molecular weight is 305 g/mol. The summed E-state index contributed by atoms with van der Waals surface area (Å²) < 4.78 is 7.39. The first-order valence-corrected chi connectivity index (χ1v) is 7.33. The van der Waals surface area contributed by atoms with Crippen LogP contribution in [0.2, 0.25) is 0 Å². The molecule has 4 rings (SSSR count). The Morgan fingerprint density at radius 3 is 2.74 bits per heavy atom. The van der Waals surface area contributed by atoms with Gasteiger partial charge in [0.1, 0.15) is 12.4 Å². The maximum absolute atomic E-state index is 9.11. The number of aryl methyl sites for hydroxylation is 1. The van der Waals surface area contributed by atoms with E-state index in [1.165, 1.54) is 0 Å². The molecule has 0 unspecified atom stereocenters. The Morgan fingerprint density at radius 1 is 1.09 bits per heavy atom. The standard InChI is InChI=1S/C18H15N3O2/c1-21-17-7-3-6-15(16(17)10-20-21)12-4-2-5-13(8-12)18-19-9-14(11-22)23-18/h2-10,22H,11H2,1H3. The van der Waals surface area contributed by atoms with Crippen molar-refractivity contribution in [2.75, 3.05) is 0 Å². The number of aliphatic hydroxyl groups excluding tert-OH is 1. The molecule has 0 fully saturated rings. The van der Waals surface area contributed by atoms with E-state index in [-0.39, 0.29) is 6.61 Å². The van der Waals surface area contributed by atoms with Gasteiger partial charge in [0.2, 0.25) is 5.89 Å². The molecule has 114 valence electrons. The Labute approximate surface area is 132 Å². The van der Waals surface area contributed by atoms with Crippen LogP contribution in [0.25, 0.3) is 33.5 Å². The molecule has 0 atom stereocenters. The zero-order valence-electron chi connectivity index (χ0n) is 12.6. The summed E-state index contributed by atoms with van der Waals surface area (Å²) in [7, 11) is 1.94. The third-order valence-corrected chi connectivity index (χ3v) is 3.92. The zero-order chi connectivity index (χ0) is 15.8. The molecule has 0 amide bonds. The number of oxazole rings is 1. The van der Waals surface area contributed by atoms with Gasteiger partial charge in [0.05, 0.1) is 17.9 Å². The maximum Gasteiger partial charge on any atom is 0.226 e. The number of fused-ring (bicyclic) bond motifs is 1. The molecule has 0 bridgehead atoms. The van der Waals surface area contributed by atoms with Gasteiger partial charge in [-0.2, -0.15) is 5.10 Å². The first kappa shape index (κ1) is 13.7. The van der Waals surface area contributed by atoms with Crippen LogP contribution < -0.4 is 0 Å². The molecule has 0 saturated heterocycles. The van der Waals surface area contributed by atoms with E-state index < -0.39 is 0 Å². The van der Waals surface area contributed by atoms with Gasteiger partial charge in [-0.15, -0.1) is 0 Å². The van der Waals surface area contributed by atoms with Gasteiger partial charge in [-0.1, -0.05) is 24.3 Å². The van der Waals surface area contributed by atoms with E-state index in [2.05, 4.69) is 28.3 Å². The lowest BCUT2D eigenvalue weighted by molar-refractivity contribution is 0.248. The van der Waals surface area contributed by atoms with Crippen molar-refractivity contribution in [2.45, 2.75) is 6.61 Å². The van der Waals surface area contributed by atoms with Crippen molar-refractivity contribution in [2.24, 2.45) is 7.05 Å². The molecule has 0 aliphatic heterocycles. The molecule has 4 aromatic rings. The Kier molecular flexibility index (Phi) is 3.20. The Morgan fingerprint density at radius 2 is 1.91 bits per heavy atom. The monoisotopic (exact) mass is 305 g/mol. The van der Waals surface area contributed by atoms with Crippen LogP contribution in [0.15, 0.2) is 59.3 Å². The summed E-state index contributed by atoms with van der Waals surface area (Å²) in [6.45, 7) is -0.151. The minimum atomic E-state index is -0.151. The fourth-order valence-corrected chi connectivity index (χ4v) is 2.76. The zero-order valence-corrected chi connectivity index (χ0v) is 12.6. The number of rotatable bonds is 3. The lowest BCUT2D eigenvalue weighted by Crippen LogP contribution is -1.88. The van der Waals surface area contributed by atoms with E-state index in [4.69, 9.17) is 9.52 Å². The van der Waals surface area contributed by atoms with Crippen molar-refractivity contribution in [3.8, 4) is 22.6 Å². The van der Waals surface area contributed by atoms with Crippen LogP contribution in [0.3, 0.4) is 0 Å². The highest BCUT2D eigenvalue weighted by Crippen LogP contribution is 2.31. The van der Waals surface area contributed by atoms with Gasteiger partial charge >= 0.3 is 0 Å². The Balaban J connectivity index is 1.84. The van der Waals surface area contributed by atoms with E-state index in [9.17, 15) is 0 Å². The van der Waals surface area contributed by atoms with Crippen molar-refractivity contribution in [3.05, 3.63) is 60.6 Å². The molecule has 0 radical (unpaired) electrons.